The molecule has 0 aromatic carbocycles. The van der Waals surface area contributed by atoms with Crippen LogP contribution >= 0.6 is 27.5 Å². The SMILES string of the molecule is CCN1C(CNC(=O)C2NC(Cl)=C(N)NC2N)=NC2CCC(Br)CC21. The summed E-state index contributed by atoms with van der Waals surface area (Å²) in [7, 11) is 0. The van der Waals surface area contributed by atoms with E-state index in [2.05, 4.69) is 43.7 Å². The van der Waals surface area contributed by atoms with E-state index in [4.69, 9.17) is 28.1 Å². The second-order valence-electron chi connectivity index (χ2n) is 6.61. The van der Waals surface area contributed by atoms with Crippen LogP contribution in [-0.2, 0) is 4.79 Å². The lowest BCUT2D eigenvalue weighted by atomic mass is 9.91. The third-order valence-electron chi connectivity index (χ3n) is 5.01. The molecule has 25 heavy (non-hydrogen) atoms. The van der Waals surface area contributed by atoms with Crippen LogP contribution in [0.15, 0.2) is 16.0 Å². The Balaban J connectivity index is 1.60. The molecule has 0 bridgehead atoms. The van der Waals surface area contributed by atoms with E-state index in [1.54, 1.807) is 0 Å². The van der Waals surface area contributed by atoms with E-state index in [0.717, 1.165) is 31.6 Å². The second-order valence-corrected chi connectivity index (χ2v) is 8.29. The number of alkyl halides is 1. The molecule has 3 aliphatic rings. The number of aliphatic imine (C=N–C) groups is 1. The molecule has 1 amide bonds. The Morgan fingerprint density at radius 3 is 2.96 bits per heavy atom. The first-order valence-corrected chi connectivity index (χ1v) is 9.89. The van der Waals surface area contributed by atoms with E-state index in [1.165, 1.54) is 0 Å². The predicted octanol–water partition coefficient (Wildman–Crippen LogP) is -0.308. The first-order valence-electron chi connectivity index (χ1n) is 8.59. The van der Waals surface area contributed by atoms with Gasteiger partial charge in [0, 0.05) is 11.4 Å². The van der Waals surface area contributed by atoms with Gasteiger partial charge in [-0.3, -0.25) is 9.79 Å². The van der Waals surface area contributed by atoms with Gasteiger partial charge in [0.2, 0.25) is 5.91 Å². The second kappa shape index (κ2) is 7.59. The molecule has 0 radical (unpaired) electrons. The monoisotopic (exact) mass is 433 g/mol. The van der Waals surface area contributed by atoms with Crippen molar-refractivity contribution in [3.63, 3.8) is 0 Å². The van der Waals surface area contributed by atoms with Gasteiger partial charge in [0.05, 0.1) is 18.6 Å². The Labute approximate surface area is 160 Å². The third kappa shape index (κ3) is 3.83. The minimum absolute atomic E-state index is 0.199. The fourth-order valence-corrected chi connectivity index (χ4v) is 4.54. The average molecular weight is 435 g/mol. The van der Waals surface area contributed by atoms with Crippen molar-refractivity contribution in [1.29, 1.82) is 0 Å². The van der Waals surface area contributed by atoms with Crippen molar-refractivity contribution < 1.29 is 4.79 Å². The lowest BCUT2D eigenvalue weighted by Crippen LogP contribution is -2.63. The van der Waals surface area contributed by atoms with Gasteiger partial charge in [-0.1, -0.05) is 27.5 Å². The fraction of sp³-hybridized carbons (Fsp3) is 0.733. The molecule has 0 spiro atoms. The average Bonchev–Trinajstić information content (AvgIpc) is 2.92. The van der Waals surface area contributed by atoms with E-state index in [9.17, 15) is 4.79 Å². The van der Waals surface area contributed by atoms with Crippen LogP contribution in [0.25, 0.3) is 0 Å². The molecule has 10 heteroatoms. The van der Waals surface area contributed by atoms with Gasteiger partial charge >= 0.3 is 0 Å². The van der Waals surface area contributed by atoms with Crippen LogP contribution in [0.4, 0.5) is 0 Å². The highest BCUT2D eigenvalue weighted by Crippen LogP contribution is 2.33. The minimum Gasteiger partial charge on any atom is -0.383 e. The number of rotatable bonds is 4. The number of amidine groups is 1. The van der Waals surface area contributed by atoms with Crippen molar-refractivity contribution in [1.82, 2.24) is 20.9 Å². The Kier molecular flexibility index (Phi) is 5.65. The van der Waals surface area contributed by atoms with Crippen LogP contribution in [0, 0.1) is 0 Å². The molecular formula is C15H25BrClN7O. The van der Waals surface area contributed by atoms with Crippen LogP contribution in [0.2, 0.25) is 0 Å². The largest absolute Gasteiger partial charge is 0.383 e. The quantitative estimate of drug-likeness (QED) is 0.306. The van der Waals surface area contributed by atoms with Gasteiger partial charge in [0.1, 0.15) is 29.0 Å². The predicted molar refractivity (Wildman–Crippen MR) is 102 cm³/mol. The molecule has 5 unspecified atom stereocenters. The summed E-state index contributed by atoms with van der Waals surface area (Å²) in [5.41, 5.74) is 11.6. The molecule has 1 aliphatic carbocycles. The van der Waals surface area contributed by atoms with E-state index in [1.807, 2.05) is 0 Å². The number of carbonyl (C=O) groups excluding carboxylic acids is 1. The van der Waals surface area contributed by atoms with Gasteiger partial charge in [-0.25, -0.2) is 0 Å². The van der Waals surface area contributed by atoms with Gasteiger partial charge in [0.25, 0.3) is 0 Å². The van der Waals surface area contributed by atoms with Gasteiger partial charge in [-0.15, -0.1) is 0 Å². The highest BCUT2D eigenvalue weighted by Gasteiger charge is 2.39. The normalized spacial score (nSPS) is 34.8. The summed E-state index contributed by atoms with van der Waals surface area (Å²) in [6.07, 6.45) is 2.65. The number of halogens is 2. The summed E-state index contributed by atoms with van der Waals surface area (Å²) in [5.74, 6) is 0.938. The number of likely N-dealkylation sites (N-methyl/N-ethyl adjacent to an activating group) is 1. The molecule has 5 atom stereocenters. The lowest BCUT2D eigenvalue weighted by Gasteiger charge is -2.35. The first kappa shape index (κ1) is 18.6. The summed E-state index contributed by atoms with van der Waals surface area (Å²) in [5, 5.41) is 8.74. The van der Waals surface area contributed by atoms with Gasteiger partial charge in [0.15, 0.2) is 0 Å². The highest BCUT2D eigenvalue weighted by atomic mass is 79.9. The zero-order chi connectivity index (χ0) is 18.1. The van der Waals surface area contributed by atoms with Gasteiger partial charge < -0.3 is 32.3 Å². The molecule has 0 aromatic heterocycles. The van der Waals surface area contributed by atoms with Crippen molar-refractivity contribution in [2.45, 2.75) is 55.3 Å². The Bertz CT molecular complexity index is 598. The van der Waals surface area contributed by atoms with E-state index in [-0.39, 0.29) is 16.9 Å². The Morgan fingerprint density at radius 2 is 2.24 bits per heavy atom. The summed E-state index contributed by atoms with van der Waals surface area (Å²) < 4.78 is 0. The number of carbonyl (C=O) groups is 1. The molecule has 1 saturated carbocycles. The first-order chi connectivity index (χ1) is 11.9. The van der Waals surface area contributed by atoms with Gasteiger partial charge in [-0.2, -0.15) is 0 Å². The number of nitrogens with two attached hydrogens (primary N) is 2. The minimum atomic E-state index is -0.689. The zero-order valence-corrected chi connectivity index (χ0v) is 16.5. The highest BCUT2D eigenvalue weighted by molar-refractivity contribution is 9.09. The molecule has 7 N–H and O–H groups in total. The Morgan fingerprint density at radius 1 is 1.48 bits per heavy atom. The van der Waals surface area contributed by atoms with Crippen LogP contribution in [0.1, 0.15) is 26.2 Å². The smallest absolute Gasteiger partial charge is 0.246 e. The number of nitrogens with one attached hydrogen (secondary N) is 3. The maximum Gasteiger partial charge on any atom is 0.246 e. The van der Waals surface area contributed by atoms with Crippen LogP contribution < -0.4 is 27.4 Å². The van der Waals surface area contributed by atoms with Crippen molar-refractivity contribution in [2.24, 2.45) is 16.5 Å². The standard InChI is InChI=1S/C15H25BrClN7O/c1-2-24-9-5-7(16)3-4-8(9)21-10(24)6-20-15(25)11-13(18)23-14(19)12(17)22-11/h7-9,11,13,22-23H,2-6,18-19H2,1H3,(H,20,25). The number of hydrogen-bond donors (Lipinski definition) is 5. The molecule has 8 nitrogen and oxygen atoms in total. The molecule has 2 aliphatic heterocycles. The number of hydrogen-bond acceptors (Lipinski definition) is 7. The summed E-state index contributed by atoms with van der Waals surface area (Å²) in [6, 6.07) is 0.0598. The molecule has 2 heterocycles. The maximum atomic E-state index is 12.5. The number of nitrogens with zero attached hydrogens (tertiary/aromatic N) is 2. The molecule has 3 rings (SSSR count). The van der Waals surface area contributed by atoms with Crippen molar-refractivity contribution in [2.75, 3.05) is 13.1 Å². The number of amides is 1. The molecule has 1 fully saturated rings. The lowest BCUT2D eigenvalue weighted by molar-refractivity contribution is -0.123. The fourth-order valence-electron chi connectivity index (χ4n) is 3.72. The van der Waals surface area contributed by atoms with Crippen molar-refractivity contribution >= 4 is 39.3 Å². The van der Waals surface area contributed by atoms with E-state index in [0.29, 0.717) is 23.5 Å². The topological polar surface area (TPSA) is 121 Å². The van der Waals surface area contributed by atoms with Crippen LogP contribution in [-0.4, -0.2) is 58.9 Å². The Hall–Kier alpha value is -1.19. The van der Waals surface area contributed by atoms with Crippen molar-refractivity contribution in [3.8, 4) is 0 Å². The van der Waals surface area contributed by atoms with Crippen LogP contribution in [0.3, 0.4) is 0 Å². The van der Waals surface area contributed by atoms with Crippen LogP contribution in [0.5, 0.6) is 0 Å². The van der Waals surface area contributed by atoms with Gasteiger partial charge in [-0.05, 0) is 26.2 Å². The van der Waals surface area contributed by atoms with E-state index >= 15 is 0 Å². The number of fused-ring (bicyclic) bond motifs is 1. The van der Waals surface area contributed by atoms with E-state index < -0.39 is 12.2 Å². The summed E-state index contributed by atoms with van der Waals surface area (Å²) in [4.78, 5) is 20.2. The maximum absolute atomic E-state index is 12.5. The molecule has 140 valence electrons. The third-order valence-corrected chi connectivity index (χ3v) is 6.15. The summed E-state index contributed by atoms with van der Waals surface area (Å²) >= 11 is 9.68. The molecule has 0 saturated heterocycles. The summed E-state index contributed by atoms with van der Waals surface area (Å²) in [6.45, 7) is 3.38. The molecule has 0 aromatic rings. The molecular weight excluding hydrogens is 410 g/mol. The van der Waals surface area contributed by atoms with Crippen molar-refractivity contribution in [3.05, 3.63) is 11.0 Å². The zero-order valence-electron chi connectivity index (χ0n) is 14.1.